The van der Waals surface area contributed by atoms with Gasteiger partial charge in [0.1, 0.15) is 42.5 Å². The summed E-state index contributed by atoms with van der Waals surface area (Å²) in [5.74, 6) is -4.96. The van der Waals surface area contributed by atoms with Crippen molar-refractivity contribution in [1.29, 1.82) is 0 Å². The molecular formula is C31H32O14. The van der Waals surface area contributed by atoms with Crippen LogP contribution in [0.4, 0.5) is 0 Å². The fourth-order valence-corrected chi connectivity index (χ4v) is 4.45. The molecule has 1 aliphatic rings. The number of carbonyl (C=O) groups excluding carboxylic acids is 6. The third-order valence-electron chi connectivity index (χ3n) is 6.21. The third-order valence-corrected chi connectivity index (χ3v) is 6.21. The molecule has 0 aliphatic carbocycles. The molecule has 0 bridgehead atoms. The second kappa shape index (κ2) is 15.2. The zero-order chi connectivity index (χ0) is 33.4. The van der Waals surface area contributed by atoms with E-state index in [1.165, 1.54) is 37.3 Å². The van der Waals surface area contributed by atoms with Gasteiger partial charge in [0.25, 0.3) is 0 Å². The van der Waals surface area contributed by atoms with E-state index in [9.17, 15) is 39.0 Å². The van der Waals surface area contributed by atoms with Gasteiger partial charge in [0.05, 0.1) is 11.1 Å². The molecule has 2 N–H and O–H groups in total. The zero-order valence-electron chi connectivity index (χ0n) is 25.0. The number of hydrogen-bond donors (Lipinski definition) is 2. The van der Waals surface area contributed by atoms with Crippen LogP contribution in [0.3, 0.4) is 0 Å². The number of carbonyl (C=O) groups is 6. The second-order valence-electron chi connectivity index (χ2n) is 9.85. The SMILES string of the molecule is CC(=O)OCC1OC(c2c(OC(C)=O)ccc(C(=O)C=Cc3ccc(OC(C)=O)cc3)c2OC(C)=O)C(OC(C)=O)C(O)C1O. The van der Waals surface area contributed by atoms with Crippen molar-refractivity contribution in [3.63, 3.8) is 0 Å². The molecule has 5 atom stereocenters. The molecule has 0 saturated carbocycles. The Morgan fingerprint density at radius 2 is 1.38 bits per heavy atom. The van der Waals surface area contributed by atoms with Crippen LogP contribution in [0.1, 0.15) is 62.2 Å². The van der Waals surface area contributed by atoms with Crippen LogP contribution in [0.15, 0.2) is 42.5 Å². The van der Waals surface area contributed by atoms with E-state index in [4.69, 9.17) is 28.4 Å². The molecule has 1 aliphatic heterocycles. The van der Waals surface area contributed by atoms with E-state index < -0.39 is 78.5 Å². The minimum Gasteiger partial charge on any atom is -0.463 e. The third kappa shape index (κ3) is 9.28. The molecule has 0 spiro atoms. The summed E-state index contributed by atoms with van der Waals surface area (Å²) in [7, 11) is 0. The van der Waals surface area contributed by atoms with E-state index in [2.05, 4.69) is 0 Å². The molecule has 0 radical (unpaired) electrons. The van der Waals surface area contributed by atoms with Crippen LogP contribution in [0.2, 0.25) is 0 Å². The summed E-state index contributed by atoms with van der Waals surface area (Å²) in [6.45, 7) is 4.98. The Bertz CT molecular complexity index is 1490. The Labute approximate surface area is 257 Å². The first-order chi connectivity index (χ1) is 21.2. The topological polar surface area (TPSA) is 198 Å². The van der Waals surface area contributed by atoms with Crippen LogP contribution < -0.4 is 14.2 Å². The molecule has 1 saturated heterocycles. The van der Waals surface area contributed by atoms with E-state index in [0.29, 0.717) is 11.3 Å². The van der Waals surface area contributed by atoms with E-state index in [1.807, 2.05) is 0 Å². The fourth-order valence-electron chi connectivity index (χ4n) is 4.45. The first-order valence-corrected chi connectivity index (χ1v) is 13.5. The molecule has 45 heavy (non-hydrogen) atoms. The lowest BCUT2D eigenvalue weighted by atomic mass is 9.88. The van der Waals surface area contributed by atoms with Gasteiger partial charge in [0, 0.05) is 34.6 Å². The molecule has 2 aromatic carbocycles. The van der Waals surface area contributed by atoms with Crippen LogP contribution in [-0.4, -0.2) is 76.9 Å². The minimum atomic E-state index is -1.84. The van der Waals surface area contributed by atoms with Gasteiger partial charge in [-0.2, -0.15) is 0 Å². The smallest absolute Gasteiger partial charge is 0.308 e. The molecule has 1 fully saturated rings. The summed E-state index contributed by atoms with van der Waals surface area (Å²) >= 11 is 0. The van der Waals surface area contributed by atoms with Gasteiger partial charge >= 0.3 is 29.8 Å². The molecule has 1 heterocycles. The average molecular weight is 629 g/mol. The van der Waals surface area contributed by atoms with Crippen LogP contribution in [0, 0.1) is 0 Å². The normalized spacial score (nSPS) is 21.0. The van der Waals surface area contributed by atoms with Gasteiger partial charge < -0.3 is 38.6 Å². The average Bonchev–Trinajstić information content (AvgIpc) is 2.94. The highest BCUT2D eigenvalue weighted by Gasteiger charge is 2.49. The quantitative estimate of drug-likeness (QED) is 0.168. The van der Waals surface area contributed by atoms with Gasteiger partial charge in [-0.3, -0.25) is 28.8 Å². The van der Waals surface area contributed by atoms with Crippen molar-refractivity contribution in [3.8, 4) is 17.2 Å². The number of ether oxygens (including phenoxy) is 6. The maximum absolute atomic E-state index is 13.5. The van der Waals surface area contributed by atoms with Crippen molar-refractivity contribution in [2.75, 3.05) is 6.61 Å². The monoisotopic (exact) mass is 628 g/mol. The standard InChI is InChI=1S/C31H32O14/c1-15(32)40-14-25-27(38)28(39)31(44-19(5)36)30(45-25)26-24(42-17(3)34)13-11-22(29(26)43-18(4)35)23(37)12-8-20-6-9-21(10-7-20)41-16(2)33/h6-13,25,27-28,30-31,38-39H,14H2,1-5H3. The number of aliphatic hydroxyl groups is 2. The Hall–Kier alpha value is -4.92. The largest absolute Gasteiger partial charge is 0.463 e. The highest BCUT2D eigenvalue weighted by Crippen LogP contribution is 2.45. The molecule has 0 amide bonds. The number of allylic oxidation sites excluding steroid dienone is 1. The Morgan fingerprint density at radius 3 is 1.93 bits per heavy atom. The number of ketones is 1. The summed E-state index contributed by atoms with van der Waals surface area (Å²) in [4.78, 5) is 72.5. The Balaban J connectivity index is 2.17. The Kier molecular flexibility index (Phi) is 11.7. The van der Waals surface area contributed by atoms with Crippen molar-refractivity contribution < 1.29 is 67.4 Å². The summed E-state index contributed by atoms with van der Waals surface area (Å²) in [6.07, 6.45) is -5.66. The summed E-state index contributed by atoms with van der Waals surface area (Å²) in [6, 6.07) is 8.64. The van der Waals surface area contributed by atoms with E-state index in [1.54, 1.807) is 12.1 Å². The molecule has 3 rings (SSSR count). The van der Waals surface area contributed by atoms with E-state index >= 15 is 0 Å². The van der Waals surface area contributed by atoms with Gasteiger partial charge in [-0.1, -0.05) is 18.2 Å². The second-order valence-corrected chi connectivity index (χ2v) is 9.85. The number of esters is 5. The maximum Gasteiger partial charge on any atom is 0.308 e. The van der Waals surface area contributed by atoms with E-state index in [-0.39, 0.29) is 16.9 Å². The summed E-state index contributed by atoms with van der Waals surface area (Å²) in [5, 5.41) is 21.7. The van der Waals surface area contributed by atoms with Gasteiger partial charge in [-0.15, -0.1) is 0 Å². The predicted molar refractivity (Wildman–Crippen MR) is 152 cm³/mol. The molecule has 0 aromatic heterocycles. The lowest BCUT2D eigenvalue weighted by molar-refractivity contribution is -0.242. The number of hydrogen-bond acceptors (Lipinski definition) is 14. The fraction of sp³-hybridized carbons (Fsp3) is 0.355. The van der Waals surface area contributed by atoms with Crippen LogP contribution in [-0.2, 0) is 38.2 Å². The van der Waals surface area contributed by atoms with Gasteiger partial charge in [-0.25, -0.2) is 0 Å². The molecule has 2 aromatic rings. The Morgan fingerprint density at radius 1 is 0.756 bits per heavy atom. The van der Waals surface area contributed by atoms with Gasteiger partial charge in [0.2, 0.25) is 0 Å². The molecule has 5 unspecified atom stereocenters. The maximum atomic E-state index is 13.5. The lowest BCUT2D eigenvalue weighted by Crippen LogP contribution is -2.57. The highest BCUT2D eigenvalue weighted by atomic mass is 16.6. The van der Waals surface area contributed by atoms with Crippen molar-refractivity contribution >= 4 is 41.7 Å². The first-order valence-electron chi connectivity index (χ1n) is 13.5. The number of benzene rings is 2. The van der Waals surface area contributed by atoms with Crippen LogP contribution in [0.25, 0.3) is 6.08 Å². The van der Waals surface area contributed by atoms with Crippen LogP contribution >= 0.6 is 0 Å². The summed E-state index contributed by atoms with van der Waals surface area (Å²) < 4.78 is 31.9. The van der Waals surface area contributed by atoms with Gasteiger partial charge in [-0.05, 0) is 35.9 Å². The predicted octanol–water partition coefficient (Wildman–Crippen LogP) is 2.02. The molecular weight excluding hydrogens is 596 g/mol. The first kappa shape index (κ1) is 34.6. The lowest BCUT2D eigenvalue weighted by Gasteiger charge is -2.42. The zero-order valence-corrected chi connectivity index (χ0v) is 25.0. The van der Waals surface area contributed by atoms with Gasteiger partial charge in [0.15, 0.2) is 17.6 Å². The molecule has 240 valence electrons. The van der Waals surface area contributed by atoms with Crippen LogP contribution in [0.5, 0.6) is 17.2 Å². The molecule has 14 nitrogen and oxygen atoms in total. The highest BCUT2D eigenvalue weighted by molar-refractivity contribution is 6.09. The van der Waals surface area contributed by atoms with Crippen molar-refractivity contribution in [2.24, 2.45) is 0 Å². The minimum absolute atomic E-state index is 0.216. The van der Waals surface area contributed by atoms with Crippen molar-refractivity contribution in [1.82, 2.24) is 0 Å². The van der Waals surface area contributed by atoms with Crippen molar-refractivity contribution in [3.05, 3.63) is 59.2 Å². The number of aliphatic hydroxyl groups excluding tert-OH is 2. The number of rotatable bonds is 10. The molecule has 14 heteroatoms. The van der Waals surface area contributed by atoms with Crippen molar-refractivity contribution in [2.45, 2.75) is 65.1 Å². The summed E-state index contributed by atoms with van der Waals surface area (Å²) in [5.41, 5.74) is 0.0441. The van der Waals surface area contributed by atoms with E-state index in [0.717, 1.165) is 33.8 Å².